The first-order valence-corrected chi connectivity index (χ1v) is 11.5. The second kappa shape index (κ2) is 11.3. The molecular weight excluding hydrogens is 482 g/mol. The summed E-state index contributed by atoms with van der Waals surface area (Å²) in [5.41, 5.74) is 7.01. The average Bonchev–Trinajstić information content (AvgIpc) is 2.79. The molecule has 5 N–H and O–H groups in total. The van der Waals surface area contributed by atoms with Gasteiger partial charge in [-0.15, -0.1) is 0 Å². The van der Waals surface area contributed by atoms with Gasteiger partial charge in [-0.2, -0.15) is 4.99 Å². The lowest BCUT2D eigenvalue weighted by atomic mass is 9.93. The molecule has 0 aliphatic rings. The summed E-state index contributed by atoms with van der Waals surface area (Å²) in [5.74, 6) is 0.152. The lowest BCUT2D eigenvalue weighted by molar-refractivity contribution is 0.100. The van der Waals surface area contributed by atoms with Gasteiger partial charge in [0.15, 0.2) is 5.82 Å². The van der Waals surface area contributed by atoms with Crippen molar-refractivity contribution in [3.8, 4) is 0 Å². The van der Waals surface area contributed by atoms with Crippen molar-refractivity contribution in [2.24, 2.45) is 16.1 Å². The molecule has 0 aliphatic carbocycles. The molecule has 2 heterocycles. The number of likely N-dealkylation sites (N-methyl/N-ethyl adjacent to an activating group) is 1. The summed E-state index contributed by atoms with van der Waals surface area (Å²) in [7, 11) is 3.96. The number of allylic oxidation sites excluding steroid dienone is 1. The fraction of sp³-hybridized carbons (Fsp3) is 0.333. The number of halogens is 1. The number of carbonyl (C=O) groups excluding carboxylic acids is 1. The van der Waals surface area contributed by atoms with Gasteiger partial charge < -0.3 is 26.4 Å². The van der Waals surface area contributed by atoms with Crippen molar-refractivity contribution in [1.82, 2.24) is 24.8 Å². The molecule has 3 aromatic rings. The number of amides is 1. The van der Waals surface area contributed by atoms with Gasteiger partial charge in [0, 0.05) is 30.1 Å². The maximum absolute atomic E-state index is 12.7. The van der Waals surface area contributed by atoms with Gasteiger partial charge in [0.25, 0.3) is 5.91 Å². The summed E-state index contributed by atoms with van der Waals surface area (Å²) < 4.78 is 0. The zero-order valence-corrected chi connectivity index (χ0v) is 21.6. The minimum Gasteiger partial charge on any atom is -0.512 e. The number of nitrogens with one attached hydrogen (secondary N) is 2. The molecule has 11 nitrogen and oxygen atoms in total. The van der Waals surface area contributed by atoms with E-state index in [1.807, 2.05) is 39.8 Å². The number of aromatic nitrogens is 4. The van der Waals surface area contributed by atoms with Crippen LogP contribution in [0.1, 0.15) is 31.1 Å². The van der Waals surface area contributed by atoms with Crippen LogP contribution in [0.15, 0.2) is 47.6 Å². The van der Waals surface area contributed by atoms with Gasteiger partial charge in [0.2, 0.25) is 5.95 Å². The number of amidine groups is 1. The molecule has 2 aromatic heterocycles. The Morgan fingerprint density at radius 3 is 2.69 bits per heavy atom. The molecule has 0 unspecified atom stereocenters. The minimum absolute atomic E-state index is 0.0169. The second-order valence-electron chi connectivity index (χ2n) is 9.32. The fourth-order valence-corrected chi connectivity index (χ4v) is 3.04. The van der Waals surface area contributed by atoms with Gasteiger partial charge in [-0.25, -0.2) is 19.9 Å². The van der Waals surface area contributed by atoms with Crippen molar-refractivity contribution >= 4 is 51.8 Å². The third-order valence-electron chi connectivity index (χ3n) is 4.97. The minimum atomic E-state index is -0.590. The van der Waals surface area contributed by atoms with Crippen LogP contribution in [0.3, 0.4) is 0 Å². The molecule has 12 heteroatoms. The Morgan fingerprint density at radius 2 is 2.00 bits per heavy atom. The molecule has 0 bridgehead atoms. The fourth-order valence-electron chi connectivity index (χ4n) is 2.87. The molecule has 3 rings (SSSR count). The Hall–Kier alpha value is -3.83. The summed E-state index contributed by atoms with van der Waals surface area (Å²) >= 11 is 6.39. The first-order valence-electron chi connectivity index (χ1n) is 11.2. The van der Waals surface area contributed by atoms with E-state index in [4.69, 9.17) is 17.3 Å². The lowest BCUT2D eigenvalue weighted by Crippen LogP contribution is -2.21. The molecule has 0 saturated carbocycles. The number of nitrogens with zero attached hydrogens (tertiary/aromatic N) is 6. The van der Waals surface area contributed by atoms with E-state index in [-0.39, 0.29) is 17.2 Å². The third-order valence-corrected chi connectivity index (χ3v) is 5.30. The topological polar surface area (TPSA) is 155 Å². The van der Waals surface area contributed by atoms with Crippen LogP contribution in [0.2, 0.25) is 5.02 Å². The Kier molecular flexibility index (Phi) is 8.38. The van der Waals surface area contributed by atoms with E-state index in [2.05, 4.69) is 35.6 Å². The van der Waals surface area contributed by atoms with E-state index in [9.17, 15) is 9.90 Å². The Balaban J connectivity index is 1.87. The zero-order valence-electron chi connectivity index (χ0n) is 20.9. The number of rotatable bonds is 8. The summed E-state index contributed by atoms with van der Waals surface area (Å²) in [5, 5.41) is 16.7. The lowest BCUT2D eigenvalue weighted by Gasteiger charge is -2.16. The molecule has 0 spiro atoms. The molecule has 0 aliphatic heterocycles. The summed E-state index contributed by atoms with van der Waals surface area (Å²) in [6.07, 6.45) is 4.26. The number of benzene rings is 1. The van der Waals surface area contributed by atoms with E-state index in [0.717, 1.165) is 6.54 Å². The highest BCUT2D eigenvalue weighted by molar-refractivity contribution is 6.33. The van der Waals surface area contributed by atoms with E-state index >= 15 is 0 Å². The highest BCUT2D eigenvalue weighted by Crippen LogP contribution is 2.29. The predicted octanol–water partition coefficient (Wildman–Crippen LogP) is 3.78. The molecule has 1 aromatic carbocycles. The van der Waals surface area contributed by atoms with Gasteiger partial charge in [0.1, 0.15) is 29.0 Å². The van der Waals surface area contributed by atoms with Crippen LogP contribution in [0, 0.1) is 5.41 Å². The average molecular weight is 512 g/mol. The van der Waals surface area contributed by atoms with Crippen molar-refractivity contribution in [2.75, 3.05) is 37.8 Å². The van der Waals surface area contributed by atoms with Gasteiger partial charge in [-0.05, 0) is 32.3 Å². The van der Waals surface area contributed by atoms with E-state index in [1.165, 1.54) is 18.5 Å². The second-order valence-corrected chi connectivity index (χ2v) is 9.73. The van der Waals surface area contributed by atoms with Crippen molar-refractivity contribution < 1.29 is 9.90 Å². The number of carbonyl (C=O) groups is 1. The van der Waals surface area contributed by atoms with Crippen LogP contribution < -0.4 is 16.4 Å². The Labute approximate surface area is 214 Å². The van der Waals surface area contributed by atoms with Crippen LogP contribution >= 0.6 is 11.6 Å². The summed E-state index contributed by atoms with van der Waals surface area (Å²) in [6, 6.07) is 4.64. The highest BCUT2D eigenvalue weighted by atomic mass is 35.5. The molecule has 0 fully saturated rings. The molecule has 190 valence electrons. The van der Waals surface area contributed by atoms with Crippen molar-refractivity contribution in [3.63, 3.8) is 0 Å². The number of hydrogen-bond donors (Lipinski definition) is 4. The van der Waals surface area contributed by atoms with Crippen LogP contribution in [-0.4, -0.2) is 68.9 Å². The molecule has 1 amide bonds. The molecule has 0 radical (unpaired) electrons. The van der Waals surface area contributed by atoms with Crippen molar-refractivity contribution in [2.45, 2.75) is 20.8 Å². The van der Waals surface area contributed by atoms with Crippen LogP contribution in [-0.2, 0) is 0 Å². The first-order chi connectivity index (χ1) is 16.9. The number of aliphatic imine (C=N–C) groups is 1. The number of hydrogen-bond acceptors (Lipinski definition) is 9. The number of aliphatic hydroxyl groups excluding tert-OH is 1. The monoisotopic (exact) mass is 511 g/mol. The Morgan fingerprint density at radius 1 is 1.25 bits per heavy atom. The van der Waals surface area contributed by atoms with E-state index < -0.39 is 11.3 Å². The van der Waals surface area contributed by atoms with Crippen LogP contribution in [0.25, 0.3) is 11.0 Å². The maximum Gasteiger partial charge on any atom is 0.279 e. The predicted molar refractivity (Wildman–Crippen MR) is 143 cm³/mol. The van der Waals surface area contributed by atoms with Gasteiger partial charge in [0.05, 0.1) is 16.9 Å². The first kappa shape index (κ1) is 26.8. The third kappa shape index (κ3) is 7.09. The zero-order chi connectivity index (χ0) is 26.5. The molecule has 0 saturated heterocycles. The van der Waals surface area contributed by atoms with Gasteiger partial charge >= 0.3 is 0 Å². The standard InChI is InChI=1S/C24H30ClN9O2/c1-24(2,3)18(35)11-19(26)32-22(36)14-6-7-15(25)16(10-14)31-21-20-17(29-13-30-21)12-28-23(33-20)27-8-9-34(4)5/h6-7,10-13,35H,8-9H2,1-5H3,(H2,26,32,36)(H,27,28,33)(H,29,30,31)/b18-11-. The number of fused-ring (bicyclic) bond motifs is 1. The molecule has 36 heavy (non-hydrogen) atoms. The van der Waals surface area contributed by atoms with E-state index in [1.54, 1.807) is 18.3 Å². The molecule has 0 atom stereocenters. The Bertz CT molecular complexity index is 1320. The van der Waals surface area contributed by atoms with Crippen molar-refractivity contribution in [3.05, 3.63) is 53.1 Å². The van der Waals surface area contributed by atoms with E-state index in [0.29, 0.717) is 40.1 Å². The maximum atomic E-state index is 12.7. The van der Waals surface area contributed by atoms with Crippen LogP contribution in [0.4, 0.5) is 17.5 Å². The summed E-state index contributed by atoms with van der Waals surface area (Å²) in [4.78, 5) is 36.0. The molecular formula is C24H30ClN9O2. The summed E-state index contributed by atoms with van der Waals surface area (Å²) in [6.45, 7) is 6.92. The largest absolute Gasteiger partial charge is 0.512 e. The van der Waals surface area contributed by atoms with Crippen LogP contribution in [0.5, 0.6) is 0 Å². The smallest absolute Gasteiger partial charge is 0.279 e. The number of aliphatic hydroxyl groups is 1. The van der Waals surface area contributed by atoms with Gasteiger partial charge in [-0.1, -0.05) is 32.4 Å². The van der Waals surface area contributed by atoms with Gasteiger partial charge in [-0.3, -0.25) is 4.79 Å². The number of nitrogens with two attached hydrogens (primary N) is 1. The quantitative estimate of drug-likeness (QED) is 0.199. The highest BCUT2D eigenvalue weighted by Gasteiger charge is 2.17. The SMILES string of the molecule is CN(C)CCNc1ncc2ncnc(Nc3cc(C(=O)N=C(N)/C=C(\O)C(C)(C)C)ccc3Cl)c2n1. The number of anilines is 3. The van der Waals surface area contributed by atoms with Crippen molar-refractivity contribution in [1.29, 1.82) is 0 Å². The normalized spacial score (nSPS) is 12.8.